The van der Waals surface area contributed by atoms with Crippen molar-refractivity contribution in [3.8, 4) is 5.69 Å². The van der Waals surface area contributed by atoms with Gasteiger partial charge in [0.1, 0.15) is 0 Å². The van der Waals surface area contributed by atoms with Crippen molar-refractivity contribution in [2.45, 2.75) is 39.0 Å². The molecule has 0 spiro atoms. The maximum Gasteiger partial charge on any atom is 0.255 e. The molecule has 158 valence electrons. The third kappa shape index (κ3) is 4.73. The second kappa shape index (κ2) is 9.43. The number of hydrogen-bond acceptors (Lipinski definition) is 4. The Bertz CT molecular complexity index is 985. The van der Waals surface area contributed by atoms with Crippen LogP contribution in [0.15, 0.2) is 47.4 Å². The van der Waals surface area contributed by atoms with E-state index in [0.717, 1.165) is 54.4 Å². The smallest absolute Gasteiger partial charge is 0.255 e. The quantitative estimate of drug-likeness (QED) is 0.666. The number of hydrogen-bond donors (Lipinski definition) is 2. The highest BCUT2D eigenvalue weighted by Gasteiger charge is 2.13. The molecule has 2 N–H and O–H groups in total. The van der Waals surface area contributed by atoms with Gasteiger partial charge in [-0.15, -0.1) is 0 Å². The van der Waals surface area contributed by atoms with Gasteiger partial charge in [0.05, 0.1) is 0 Å². The molecule has 0 amide bonds. The molecule has 5 nitrogen and oxygen atoms in total. The second-order valence-corrected chi connectivity index (χ2v) is 8.62. The van der Waals surface area contributed by atoms with Crippen molar-refractivity contribution in [1.82, 2.24) is 9.47 Å². The Kier molecular flexibility index (Phi) is 6.48. The van der Waals surface area contributed by atoms with Crippen LogP contribution in [0.1, 0.15) is 50.2 Å². The fraction of sp³-hybridized carbons (Fsp3) is 0.440. The maximum absolute atomic E-state index is 12.8. The van der Waals surface area contributed by atoms with E-state index < -0.39 is 0 Å². The summed E-state index contributed by atoms with van der Waals surface area (Å²) in [6.45, 7) is 6.54. The topological polar surface area (TPSA) is 61.1 Å². The van der Waals surface area contributed by atoms with E-state index in [4.69, 9.17) is 5.41 Å². The van der Waals surface area contributed by atoms with E-state index in [1.165, 1.54) is 44.1 Å². The Morgan fingerprint density at radius 3 is 2.73 bits per heavy atom. The standard InChI is InChI=1S/C25H32N4O/c1-19-4-6-20(7-5-19)21-10-14-29(25(30)17-21)23-8-9-24(22(16-23)18-26)27-11-15-28-12-2-3-13-28/h6,8-10,14,16-19,26-27H,2-5,7,11-13,15H2,1H3. The van der Waals surface area contributed by atoms with Crippen molar-refractivity contribution in [3.05, 3.63) is 64.1 Å². The fourth-order valence-corrected chi connectivity index (χ4v) is 4.45. The minimum absolute atomic E-state index is 0.0299. The molecule has 0 saturated carbocycles. The predicted octanol–water partition coefficient (Wildman–Crippen LogP) is 4.55. The summed E-state index contributed by atoms with van der Waals surface area (Å²) in [5.41, 5.74) is 4.83. The van der Waals surface area contributed by atoms with Crippen LogP contribution in [0.5, 0.6) is 0 Å². The molecule has 2 aromatic rings. The van der Waals surface area contributed by atoms with Crippen molar-refractivity contribution < 1.29 is 0 Å². The minimum Gasteiger partial charge on any atom is -0.383 e. The molecule has 1 aliphatic heterocycles. The van der Waals surface area contributed by atoms with Crippen LogP contribution in [0.25, 0.3) is 11.3 Å². The number of anilines is 1. The molecule has 30 heavy (non-hydrogen) atoms. The summed E-state index contributed by atoms with van der Waals surface area (Å²) in [5, 5.41) is 11.3. The van der Waals surface area contributed by atoms with Crippen molar-refractivity contribution in [1.29, 1.82) is 5.41 Å². The SMILES string of the molecule is CC1CC=C(c2ccn(-c3ccc(NCCN4CCCC4)c(C=N)c3)c(=O)c2)CC1. The summed E-state index contributed by atoms with van der Waals surface area (Å²) in [6, 6.07) is 9.62. The Morgan fingerprint density at radius 2 is 2.03 bits per heavy atom. The second-order valence-electron chi connectivity index (χ2n) is 8.62. The van der Waals surface area contributed by atoms with Gasteiger partial charge in [-0.25, -0.2) is 0 Å². The number of likely N-dealkylation sites (tertiary alicyclic amines) is 1. The van der Waals surface area contributed by atoms with Crippen molar-refractivity contribution in [3.63, 3.8) is 0 Å². The summed E-state index contributed by atoms with van der Waals surface area (Å²) in [5.74, 6) is 0.733. The summed E-state index contributed by atoms with van der Waals surface area (Å²) >= 11 is 0. The van der Waals surface area contributed by atoms with Crippen LogP contribution in [-0.2, 0) is 0 Å². The van der Waals surface area contributed by atoms with Crippen molar-refractivity contribution >= 4 is 17.5 Å². The van der Waals surface area contributed by atoms with Gasteiger partial charge in [0.2, 0.25) is 0 Å². The molecule has 0 radical (unpaired) electrons. The van der Waals surface area contributed by atoms with E-state index in [2.05, 4.69) is 23.2 Å². The van der Waals surface area contributed by atoms with Crippen molar-refractivity contribution in [2.75, 3.05) is 31.5 Å². The third-order valence-corrected chi connectivity index (χ3v) is 6.37. The lowest BCUT2D eigenvalue weighted by atomic mass is 9.88. The van der Waals surface area contributed by atoms with Gasteiger partial charge in [0, 0.05) is 48.5 Å². The van der Waals surface area contributed by atoms with Gasteiger partial charge in [-0.1, -0.05) is 13.0 Å². The molecule has 1 aliphatic carbocycles. The van der Waals surface area contributed by atoms with E-state index >= 15 is 0 Å². The molecular formula is C25H32N4O. The van der Waals surface area contributed by atoms with Crippen LogP contribution in [0.3, 0.4) is 0 Å². The zero-order valence-corrected chi connectivity index (χ0v) is 17.9. The Morgan fingerprint density at radius 1 is 1.20 bits per heavy atom. The van der Waals surface area contributed by atoms with Crippen LogP contribution < -0.4 is 10.9 Å². The number of nitrogens with one attached hydrogen (secondary N) is 2. The Balaban J connectivity index is 1.49. The van der Waals surface area contributed by atoms with Gasteiger partial charge >= 0.3 is 0 Å². The number of allylic oxidation sites excluding steroid dienone is 2. The highest BCUT2D eigenvalue weighted by molar-refractivity contribution is 5.86. The van der Waals surface area contributed by atoms with Crippen molar-refractivity contribution in [2.24, 2.45) is 5.92 Å². The first-order chi connectivity index (χ1) is 14.6. The first kappa shape index (κ1) is 20.6. The summed E-state index contributed by atoms with van der Waals surface area (Å²) < 4.78 is 1.66. The lowest BCUT2D eigenvalue weighted by molar-refractivity contribution is 0.352. The Labute approximate surface area is 178 Å². The molecule has 0 bridgehead atoms. The van der Waals surface area contributed by atoms with Crippen LogP contribution in [0.2, 0.25) is 0 Å². The van der Waals surface area contributed by atoms with Gasteiger partial charge in [0.15, 0.2) is 0 Å². The average molecular weight is 405 g/mol. The van der Waals surface area contributed by atoms with E-state index in [1.807, 2.05) is 30.5 Å². The number of aromatic nitrogens is 1. The molecule has 4 rings (SSSR count). The minimum atomic E-state index is -0.0299. The van der Waals surface area contributed by atoms with Gasteiger partial charge in [0.25, 0.3) is 5.56 Å². The third-order valence-electron chi connectivity index (χ3n) is 6.37. The predicted molar refractivity (Wildman–Crippen MR) is 125 cm³/mol. The summed E-state index contributed by atoms with van der Waals surface area (Å²) in [7, 11) is 0. The summed E-state index contributed by atoms with van der Waals surface area (Å²) in [4.78, 5) is 15.3. The van der Waals surface area contributed by atoms with Crippen LogP contribution in [0, 0.1) is 11.3 Å². The molecule has 2 heterocycles. The van der Waals surface area contributed by atoms with Gasteiger partial charge in [-0.2, -0.15) is 0 Å². The summed E-state index contributed by atoms with van der Waals surface area (Å²) in [6.07, 6.45) is 11.4. The fourth-order valence-electron chi connectivity index (χ4n) is 4.45. The molecule has 1 aromatic heterocycles. The molecule has 1 unspecified atom stereocenters. The first-order valence-corrected chi connectivity index (χ1v) is 11.2. The zero-order chi connectivity index (χ0) is 20.9. The van der Waals surface area contributed by atoms with E-state index in [9.17, 15) is 4.79 Å². The number of benzene rings is 1. The maximum atomic E-state index is 12.8. The number of rotatable bonds is 7. The normalized spacial score (nSPS) is 19.5. The molecule has 1 fully saturated rings. The molecule has 1 atom stereocenters. The lowest BCUT2D eigenvalue weighted by Crippen LogP contribution is -2.26. The number of nitrogens with zero attached hydrogens (tertiary/aromatic N) is 2. The van der Waals surface area contributed by atoms with Crippen LogP contribution in [-0.4, -0.2) is 41.9 Å². The van der Waals surface area contributed by atoms with Crippen LogP contribution >= 0.6 is 0 Å². The Hall–Kier alpha value is -2.66. The van der Waals surface area contributed by atoms with Crippen LogP contribution in [0.4, 0.5) is 5.69 Å². The van der Waals surface area contributed by atoms with Gasteiger partial charge in [-0.3, -0.25) is 9.36 Å². The molecule has 5 heteroatoms. The van der Waals surface area contributed by atoms with Gasteiger partial charge in [-0.05, 0) is 86.5 Å². The lowest BCUT2D eigenvalue weighted by Gasteiger charge is -2.19. The van der Waals surface area contributed by atoms with E-state index in [-0.39, 0.29) is 5.56 Å². The largest absolute Gasteiger partial charge is 0.383 e. The molecule has 2 aliphatic rings. The van der Waals surface area contributed by atoms with Gasteiger partial charge < -0.3 is 15.6 Å². The molecule has 1 aromatic carbocycles. The van der Waals surface area contributed by atoms with E-state index in [0.29, 0.717) is 0 Å². The molecular weight excluding hydrogens is 372 g/mol. The monoisotopic (exact) mass is 404 g/mol. The number of pyridine rings is 1. The van der Waals surface area contributed by atoms with E-state index in [1.54, 1.807) is 10.6 Å². The highest BCUT2D eigenvalue weighted by Crippen LogP contribution is 2.29. The molecule has 1 saturated heterocycles. The average Bonchev–Trinajstić information content (AvgIpc) is 3.28. The highest BCUT2D eigenvalue weighted by atomic mass is 16.1. The first-order valence-electron chi connectivity index (χ1n) is 11.2. The zero-order valence-electron chi connectivity index (χ0n) is 17.9.